The summed E-state index contributed by atoms with van der Waals surface area (Å²) >= 11 is 6.14. The van der Waals surface area contributed by atoms with Crippen molar-refractivity contribution in [1.82, 2.24) is 19.3 Å². The van der Waals surface area contributed by atoms with Crippen LogP contribution < -0.4 is 0 Å². The zero-order valence-electron chi connectivity index (χ0n) is 23.1. The summed E-state index contributed by atoms with van der Waals surface area (Å²) in [4.78, 5) is 18.6. The van der Waals surface area contributed by atoms with Gasteiger partial charge in [-0.1, -0.05) is 28.9 Å². The van der Waals surface area contributed by atoms with Crippen molar-refractivity contribution in [3.8, 4) is 0 Å². The van der Waals surface area contributed by atoms with Crippen molar-refractivity contribution < 1.29 is 17.7 Å². The van der Waals surface area contributed by atoms with E-state index in [0.29, 0.717) is 41.0 Å². The number of benzene rings is 2. The molecule has 0 aliphatic carbocycles. The number of nitrogens with zero attached hydrogens (tertiary/aromatic N) is 4. The van der Waals surface area contributed by atoms with E-state index in [-0.39, 0.29) is 23.4 Å². The number of carbonyl (C=O) groups excluding carboxylic acids is 1. The molecule has 5 rings (SSSR count). The monoisotopic (exact) mass is 572 g/mol. The molecule has 0 spiro atoms. The number of aryl methyl sites for hydroxylation is 2. The van der Waals surface area contributed by atoms with Crippen LogP contribution in [-0.4, -0.2) is 71.3 Å². The van der Waals surface area contributed by atoms with Gasteiger partial charge in [0.2, 0.25) is 15.9 Å². The predicted octanol–water partition coefficient (Wildman–Crippen LogP) is 5.15. The third kappa shape index (κ3) is 5.59. The maximum Gasteiger partial charge on any atom is 0.244 e. The number of amides is 1. The van der Waals surface area contributed by atoms with Gasteiger partial charge in [-0.2, -0.15) is 4.31 Å². The van der Waals surface area contributed by atoms with Crippen LogP contribution in [0.25, 0.3) is 10.8 Å². The lowest BCUT2D eigenvalue weighted by molar-refractivity contribution is -0.142. The number of aromatic nitrogens is 1. The predicted molar refractivity (Wildman–Crippen MR) is 152 cm³/mol. The topological polar surface area (TPSA) is 87.0 Å². The molecule has 0 bridgehead atoms. The summed E-state index contributed by atoms with van der Waals surface area (Å²) in [6.07, 6.45) is 3.04. The SMILES string of the molecule is Cc1noc(C)c1CN([C@H]1CCCN(C2CCN(C(C)C)CC2)C1=O)S(=O)(=O)c1ccc2cc(Cl)ccc2c1. The molecule has 0 saturated carbocycles. The van der Waals surface area contributed by atoms with E-state index in [1.54, 1.807) is 38.1 Å². The molecule has 1 atom stereocenters. The minimum absolute atomic E-state index is 0.0260. The molecular weight excluding hydrogens is 536 g/mol. The van der Waals surface area contributed by atoms with Crippen LogP contribution in [0.3, 0.4) is 0 Å². The van der Waals surface area contributed by atoms with Crippen molar-refractivity contribution in [3.63, 3.8) is 0 Å². The van der Waals surface area contributed by atoms with Gasteiger partial charge >= 0.3 is 0 Å². The summed E-state index contributed by atoms with van der Waals surface area (Å²) in [5.41, 5.74) is 1.32. The Balaban J connectivity index is 1.49. The molecule has 210 valence electrons. The van der Waals surface area contributed by atoms with Gasteiger partial charge in [0.05, 0.1) is 10.6 Å². The average molecular weight is 573 g/mol. The highest BCUT2D eigenvalue weighted by atomic mass is 35.5. The van der Waals surface area contributed by atoms with Crippen molar-refractivity contribution in [2.75, 3.05) is 19.6 Å². The van der Waals surface area contributed by atoms with Crippen LogP contribution in [0.4, 0.5) is 0 Å². The second-order valence-corrected chi connectivity index (χ2v) is 13.4. The largest absolute Gasteiger partial charge is 0.361 e. The fourth-order valence-electron chi connectivity index (χ4n) is 5.96. The Bertz CT molecular complexity index is 1440. The average Bonchev–Trinajstić information content (AvgIpc) is 3.23. The lowest BCUT2D eigenvalue weighted by Gasteiger charge is -2.44. The quantitative estimate of drug-likeness (QED) is 0.389. The van der Waals surface area contributed by atoms with Gasteiger partial charge in [-0.25, -0.2) is 8.42 Å². The first-order valence-corrected chi connectivity index (χ1v) is 15.6. The molecule has 1 amide bonds. The van der Waals surface area contributed by atoms with Crippen molar-refractivity contribution >= 4 is 38.3 Å². The number of piperidine rings is 2. The second-order valence-electron chi connectivity index (χ2n) is 11.1. The van der Waals surface area contributed by atoms with Crippen LogP contribution in [0.15, 0.2) is 45.8 Å². The lowest BCUT2D eigenvalue weighted by atomic mass is 9.96. The van der Waals surface area contributed by atoms with Crippen molar-refractivity contribution in [1.29, 1.82) is 0 Å². The van der Waals surface area contributed by atoms with E-state index in [9.17, 15) is 13.2 Å². The lowest BCUT2D eigenvalue weighted by Crippen LogP contribution is -2.58. The first-order valence-electron chi connectivity index (χ1n) is 13.7. The number of hydrogen-bond donors (Lipinski definition) is 0. The fourth-order valence-corrected chi connectivity index (χ4v) is 7.76. The number of likely N-dealkylation sites (tertiary alicyclic amines) is 2. The molecule has 2 aliphatic rings. The Morgan fingerprint density at radius 1 is 1.05 bits per heavy atom. The smallest absolute Gasteiger partial charge is 0.244 e. The maximum atomic E-state index is 14.3. The van der Waals surface area contributed by atoms with Gasteiger partial charge in [-0.3, -0.25) is 4.79 Å². The summed E-state index contributed by atoms with van der Waals surface area (Å²) in [5.74, 6) is 0.453. The van der Waals surface area contributed by atoms with E-state index >= 15 is 0 Å². The van der Waals surface area contributed by atoms with Gasteiger partial charge in [-0.15, -0.1) is 0 Å². The molecule has 2 saturated heterocycles. The van der Waals surface area contributed by atoms with Crippen LogP contribution in [0.2, 0.25) is 5.02 Å². The summed E-state index contributed by atoms with van der Waals surface area (Å²) in [6, 6.07) is 10.2. The molecule has 3 heterocycles. The molecule has 2 aliphatic heterocycles. The number of halogens is 1. The van der Waals surface area contributed by atoms with Gasteiger partial charge < -0.3 is 14.3 Å². The normalized spacial score (nSPS) is 20.0. The van der Waals surface area contributed by atoms with E-state index in [4.69, 9.17) is 16.1 Å². The standard InChI is InChI=1S/C29H37ClN4O4S/c1-19(2)32-14-11-25(12-15-32)33-13-5-6-28(29(33)35)34(18-27-20(3)31-38-21(27)4)39(36,37)26-10-8-22-16-24(30)9-7-23(22)17-26/h7-10,16-17,19,25,28H,5-6,11-15,18H2,1-4H3/t28-/m0/s1. The van der Waals surface area contributed by atoms with Crippen molar-refractivity contribution in [2.24, 2.45) is 0 Å². The number of rotatable bonds is 7. The minimum atomic E-state index is -4.04. The summed E-state index contributed by atoms with van der Waals surface area (Å²) in [7, 11) is -4.04. The molecular formula is C29H37ClN4O4S. The summed E-state index contributed by atoms with van der Waals surface area (Å²) in [6.45, 7) is 10.5. The second kappa shape index (κ2) is 11.2. The molecule has 0 unspecified atom stereocenters. The van der Waals surface area contributed by atoms with Crippen molar-refractivity contribution in [3.05, 3.63) is 58.4 Å². The third-order valence-corrected chi connectivity index (χ3v) is 10.4. The Kier molecular flexibility index (Phi) is 8.06. The van der Waals surface area contributed by atoms with E-state index in [1.165, 1.54) is 4.31 Å². The highest BCUT2D eigenvalue weighted by Crippen LogP contribution is 2.32. The van der Waals surface area contributed by atoms with Gasteiger partial charge in [0.15, 0.2) is 0 Å². The molecule has 8 nitrogen and oxygen atoms in total. The Morgan fingerprint density at radius 2 is 1.74 bits per heavy atom. The highest BCUT2D eigenvalue weighted by Gasteiger charge is 2.43. The first-order chi connectivity index (χ1) is 18.6. The van der Waals surface area contributed by atoms with Crippen LogP contribution in [-0.2, 0) is 21.4 Å². The maximum absolute atomic E-state index is 14.3. The first kappa shape index (κ1) is 28.1. The molecule has 0 N–H and O–H groups in total. The van der Waals surface area contributed by atoms with Crippen LogP contribution in [0.1, 0.15) is 56.5 Å². The van der Waals surface area contributed by atoms with Crippen LogP contribution >= 0.6 is 11.6 Å². The summed E-state index contributed by atoms with van der Waals surface area (Å²) < 4.78 is 35.4. The van der Waals surface area contributed by atoms with E-state index in [1.807, 2.05) is 17.0 Å². The van der Waals surface area contributed by atoms with E-state index in [0.717, 1.165) is 43.1 Å². The number of hydrogen-bond acceptors (Lipinski definition) is 6. The van der Waals surface area contributed by atoms with E-state index in [2.05, 4.69) is 23.9 Å². The summed E-state index contributed by atoms with van der Waals surface area (Å²) in [5, 5.41) is 6.25. The van der Waals surface area contributed by atoms with Crippen LogP contribution in [0, 0.1) is 13.8 Å². The number of fused-ring (bicyclic) bond motifs is 1. The van der Waals surface area contributed by atoms with E-state index < -0.39 is 16.1 Å². The molecule has 2 fully saturated rings. The molecule has 0 radical (unpaired) electrons. The Labute approximate surface area is 235 Å². The van der Waals surface area contributed by atoms with Gasteiger partial charge in [0, 0.05) is 48.8 Å². The van der Waals surface area contributed by atoms with Crippen LogP contribution in [0.5, 0.6) is 0 Å². The molecule has 3 aromatic rings. The molecule has 1 aromatic heterocycles. The molecule has 39 heavy (non-hydrogen) atoms. The molecule has 10 heteroatoms. The molecule has 2 aromatic carbocycles. The number of sulfonamides is 1. The minimum Gasteiger partial charge on any atom is -0.361 e. The van der Waals surface area contributed by atoms with Gasteiger partial charge in [-0.05, 0) is 88.4 Å². The Morgan fingerprint density at radius 3 is 2.41 bits per heavy atom. The third-order valence-electron chi connectivity index (χ3n) is 8.34. The zero-order chi connectivity index (χ0) is 27.9. The highest BCUT2D eigenvalue weighted by molar-refractivity contribution is 7.89. The van der Waals surface area contributed by atoms with Crippen molar-refractivity contribution in [2.45, 2.75) is 82.9 Å². The van der Waals surface area contributed by atoms with Gasteiger partial charge in [0.25, 0.3) is 0 Å². The van der Waals surface area contributed by atoms with Gasteiger partial charge in [0.1, 0.15) is 11.8 Å². The Hall–Kier alpha value is -2.46. The fraction of sp³-hybridized carbons (Fsp3) is 0.517. The number of carbonyl (C=O) groups is 1. The zero-order valence-corrected chi connectivity index (χ0v) is 24.6.